The lowest BCUT2D eigenvalue weighted by atomic mass is 10.2. The summed E-state index contributed by atoms with van der Waals surface area (Å²) in [4.78, 5) is 21.6. The summed E-state index contributed by atoms with van der Waals surface area (Å²) in [5.74, 6) is -0.994. The Hall–Kier alpha value is -2.10. The van der Waals surface area contributed by atoms with Crippen LogP contribution in [0.15, 0.2) is 30.3 Å². The molecule has 1 aromatic rings. The van der Waals surface area contributed by atoms with Gasteiger partial charge in [0, 0.05) is 18.2 Å². The SMILES string of the molecule is CCCC(=O)Nc1ccc(C=CC(=O)O)cc1. The third-order valence-electron chi connectivity index (χ3n) is 2.09. The number of nitrogens with one attached hydrogen (secondary N) is 1. The van der Waals surface area contributed by atoms with Gasteiger partial charge in [0.25, 0.3) is 0 Å². The molecule has 1 amide bonds. The van der Waals surface area contributed by atoms with Crippen molar-refractivity contribution in [2.75, 3.05) is 5.32 Å². The Labute approximate surface area is 100.0 Å². The number of hydrogen-bond acceptors (Lipinski definition) is 2. The average Bonchev–Trinajstić information content (AvgIpc) is 2.28. The van der Waals surface area contributed by atoms with Gasteiger partial charge in [-0.05, 0) is 30.2 Å². The maximum Gasteiger partial charge on any atom is 0.328 e. The number of benzene rings is 1. The summed E-state index contributed by atoms with van der Waals surface area (Å²) in [5, 5.41) is 11.2. The highest BCUT2D eigenvalue weighted by molar-refractivity contribution is 5.91. The van der Waals surface area contributed by atoms with Crippen LogP contribution in [0.5, 0.6) is 0 Å². The molecule has 0 atom stereocenters. The minimum Gasteiger partial charge on any atom is -0.478 e. The van der Waals surface area contributed by atoms with Crippen LogP contribution >= 0.6 is 0 Å². The van der Waals surface area contributed by atoms with Gasteiger partial charge in [-0.1, -0.05) is 19.1 Å². The summed E-state index contributed by atoms with van der Waals surface area (Å²) in [6.45, 7) is 1.94. The van der Waals surface area contributed by atoms with Crippen LogP contribution in [0, 0.1) is 0 Å². The van der Waals surface area contributed by atoms with Crippen LogP contribution in [0.3, 0.4) is 0 Å². The number of hydrogen-bond donors (Lipinski definition) is 2. The standard InChI is InChI=1S/C13H15NO3/c1-2-3-12(15)14-11-7-4-10(5-8-11)6-9-13(16)17/h4-9H,2-3H2,1H3,(H,14,15)(H,16,17). The van der Waals surface area contributed by atoms with Gasteiger partial charge in [0.2, 0.25) is 5.91 Å². The Morgan fingerprint density at radius 1 is 1.29 bits per heavy atom. The molecule has 17 heavy (non-hydrogen) atoms. The molecule has 0 heterocycles. The number of amides is 1. The van der Waals surface area contributed by atoms with E-state index in [-0.39, 0.29) is 5.91 Å². The van der Waals surface area contributed by atoms with Crippen molar-refractivity contribution in [2.45, 2.75) is 19.8 Å². The van der Waals surface area contributed by atoms with Gasteiger partial charge in [0.1, 0.15) is 0 Å². The molecule has 0 saturated carbocycles. The van der Waals surface area contributed by atoms with Crippen molar-refractivity contribution in [3.05, 3.63) is 35.9 Å². The van der Waals surface area contributed by atoms with Crippen LogP contribution in [-0.4, -0.2) is 17.0 Å². The molecule has 0 spiro atoms. The van der Waals surface area contributed by atoms with Gasteiger partial charge >= 0.3 is 5.97 Å². The fourth-order valence-corrected chi connectivity index (χ4v) is 1.30. The lowest BCUT2D eigenvalue weighted by Gasteiger charge is -2.04. The Kier molecular flexibility index (Phi) is 4.94. The molecule has 0 unspecified atom stereocenters. The molecule has 2 N–H and O–H groups in total. The molecule has 0 aliphatic carbocycles. The van der Waals surface area contributed by atoms with Crippen LogP contribution in [0.25, 0.3) is 6.08 Å². The van der Waals surface area contributed by atoms with E-state index in [0.29, 0.717) is 6.42 Å². The Morgan fingerprint density at radius 3 is 2.47 bits per heavy atom. The fraction of sp³-hybridized carbons (Fsp3) is 0.231. The smallest absolute Gasteiger partial charge is 0.328 e. The zero-order valence-electron chi connectivity index (χ0n) is 9.64. The van der Waals surface area contributed by atoms with Crippen molar-refractivity contribution in [1.82, 2.24) is 0 Å². The number of carboxylic acid groups (broad SMARTS) is 1. The maximum atomic E-state index is 11.3. The van der Waals surface area contributed by atoms with E-state index in [2.05, 4.69) is 5.32 Å². The van der Waals surface area contributed by atoms with Crippen molar-refractivity contribution in [3.8, 4) is 0 Å². The van der Waals surface area contributed by atoms with E-state index in [1.807, 2.05) is 6.92 Å². The molecule has 4 heteroatoms. The summed E-state index contributed by atoms with van der Waals surface area (Å²) in [6, 6.07) is 6.99. The highest BCUT2D eigenvalue weighted by Gasteiger charge is 1.99. The zero-order valence-corrected chi connectivity index (χ0v) is 9.64. The van der Waals surface area contributed by atoms with Crippen LogP contribution in [0.1, 0.15) is 25.3 Å². The fourth-order valence-electron chi connectivity index (χ4n) is 1.30. The topological polar surface area (TPSA) is 66.4 Å². The minimum absolute atomic E-state index is 0.0127. The molecular weight excluding hydrogens is 218 g/mol. The molecule has 0 aliphatic heterocycles. The predicted octanol–water partition coefficient (Wildman–Crippen LogP) is 2.52. The Morgan fingerprint density at radius 2 is 1.94 bits per heavy atom. The summed E-state index contributed by atoms with van der Waals surface area (Å²) in [6.07, 6.45) is 3.89. The second-order valence-corrected chi connectivity index (χ2v) is 3.59. The van der Waals surface area contributed by atoms with Crippen molar-refractivity contribution in [1.29, 1.82) is 0 Å². The predicted molar refractivity (Wildman–Crippen MR) is 66.6 cm³/mol. The van der Waals surface area contributed by atoms with E-state index in [9.17, 15) is 9.59 Å². The lowest BCUT2D eigenvalue weighted by Crippen LogP contribution is -2.10. The highest BCUT2D eigenvalue weighted by atomic mass is 16.4. The second-order valence-electron chi connectivity index (χ2n) is 3.59. The first-order chi connectivity index (χ1) is 8.11. The molecule has 0 radical (unpaired) electrons. The van der Waals surface area contributed by atoms with Gasteiger partial charge in [-0.15, -0.1) is 0 Å². The molecule has 0 aliphatic rings. The quantitative estimate of drug-likeness (QED) is 0.768. The highest BCUT2D eigenvalue weighted by Crippen LogP contribution is 2.11. The molecule has 0 fully saturated rings. The van der Waals surface area contributed by atoms with Gasteiger partial charge in [-0.25, -0.2) is 4.79 Å². The Balaban J connectivity index is 2.62. The average molecular weight is 233 g/mol. The maximum absolute atomic E-state index is 11.3. The van der Waals surface area contributed by atoms with Crippen molar-refractivity contribution in [2.24, 2.45) is 0 Å². The monoisotopic (exact) mass is 233 g/mol. The summed E-state index contributed by atoms with van der Waals surface area (Å²) in [5.41, 5.74) is 1.50. The normalized spacial score (nSPS) is 10.4. The van der Waals surface area contributed by atoms with Crippen molar-refractivity contribution in [3.63, 3.8) is 0 Å². The lowest BCUT2D eigenvalue weighted by molar-refractivity contribution is -0.131. The molecule has 0 saturated heterocycles. The van der Waals surface area contributed by atoms with Gasteiger partial charge in [0.15, 0.2) is 0 Å². The number of aliphatic carboxylic acids is 1. The first-order valence-electron chi connectivity index (χ1n) is 5.42. The number of carbonyl (C=O) groups excluding carboxylic acids is 1. The number of anilines is 1. The molecule has 90 valence electrons. The Bertz CT molecular complexity index is 421. The van der Waals surface area contributed by atoms with Gasteiger partial charge in [0.05, 0.1) is 0 Å². The molecule has 0 bridgehead atoms. The van der Waals surface area contributed by atoms with E-state index >= 15 is 0 Å². The molecule has 4 nitrogen and oxygen atoms in total. The zero-order chi connectivity index (χ0) is 12.7. The molecule has 1 rings (SSSR count). The summed E-state index contributed by atoms with van der Waals surface area (Å²) >= 11 is 0. The van der Waals surface area contributed by atoms with Crippen molar-refractivity contribution < 1.29 is 14.7 Å². The van der Waals surface area contributed by atoms with Gasteiger partial charge in [-0.3, -0.25) is 4.79 Å². The third-order valence-corrected chi connectivity index (χ3v) is 2.09. The third kappa shape index (κ3) is 4.97. The van der Waals surface area contributed by atoms with Crippen molar-refractivity contribution >= 4 is 23.6 Å². The second kappa shape index (κ2) is 6.48. The van der Waals surface area contributed by atoms with E-state index in [1.54, 1.807) is 24.3 Å². The van der Waals surface area contributed by atoms with Crippen LogP contribution in [0.2, 0.25) is 0 Å². The first kappa shape index (κ1) is 13.0. The largest absolute Gasteiger partial charge is 0.478 e. The van der Waals surface area contributed by atoms with Gasteiger partial charge < -0.3 is 10.4 Å². The first-order valence-corrected chi connectivity index (χ1v) is 5.42. The number of rotatable bonds is 5. The van der Waals surface area contributed by atoms with Crippen LogP contribution in [0.4, 0.5) is 5.69 Å². The van der Waals surface area contributed by atoms with Gasteiger partial charge in [-0.2, -0.15) is 0 Å². The molecule has 1 aromatic carbocycles. The molecule has 0 aromatic heterocycles. The molecular formula is C13H15NO3. The minimum atomic E-state index is -0.981. The number of carbonyl (C=O) groups is 2. The van der Waals surface area contributed by atoms with E-state index in [0.717, 1.165) is 23.7 Å². The number of carboxylic acids is 1. The van der Waals surface area contributed by atoms with E-state index < -0.39 is 5.97 Å². The van der Waals surface area contributed by atoms with Crippen LogP contribution < -0.4 is 5.32 Å². The summed E-state index contributed by atoms with van der Waals surface area (Å²) in [7, 11) is 0. The van der Waals surface area contributed by atoms with E-state index in [1.165, 1.54) is 6.08 Å². The van der Waals surface area contributed by atoms with E-state index in [4.69, 9.17) is 5.11 Å². The van der Waals surface area contributed by atoms with Crippen LogP contribution in [-0.2, 0) is 9.59 Å². The summed E-state index contributed by atoms with van der Waals surface area (Å²) < 4.78 is 0.